The first kappa shape index (κ1) is 14.2. The molecule has 110 valence electrons. The van der Waals surface area contributed by atoms with Crippen molar-refractivity contribution in [1.82, 2.24) is 9.97 Å². The molecule has 0 aliphatic heterocycles. The maximum absolute atomic E-state index is 13.1. The smallest absolute Gasteiger partial charge is 0.217 e. The Balaban J connectivity index is 1.83. The van der Waals surface area contributed by atoms with Crippen LogP contribution in [-0.2, 0) is 0 Å². The Bertz CT molecular complexity index is 677. The number of aromatic nitrogens is 2. The largest absolute Gasteiger partial charge is 0.369 e. The maximum Gasteiger partial charge on any atom is 0.217 e. The van der Waals surface area contributed by atoms with Crippen molar-refractivity contribution in [2.75, 3.05) is 11.9 Å². The zero-order valence-electron chi connectivity index (χ0n) is 12.0. The van der Waals surface area contributed by atoms with Crippen LogP contribution in [0, 0.1) is 5.95 Å². The van der Waals surface area contributed by atoms with E-state index in [4.69, 9.17) is 0 Å². The molecule has 0 spiro atoms. The predicted molar refractivity (Wildman–Crippen MR) is 85.2 cm³/mol. The molecule has 2 aromatic carbocycles. The number of benzene rings is 2. The van der Waals surface area contributed by atoms with Gasteiger partial charge in [-0.05, 0) is 11.1 Å². The average Bonchev–Trinajstić information content (AvgIpc) is 2.57. The van der Waals surface area contributed by atoms with Crippen molar-refractivity contribution in [3.8, 4) is 0 Å². The molecule has 0 radical (unpaired) electrons. The molecule has 0 aliphatic rings. The van der Waals surface area contributed by atoms with E-state index in [2.05, 4.69) is 39.6 Å². The summed E-state index contributed by atoms with van der Waals surface area (Å²) in [6.45, 7) is 0.629. The zero-order valence-corrected chi connectivity index (χ0v) is 12.0. The first-order valence-corrected chi connectivity index (χ1v) is 7.14. The number of nitrogens with one attached hydrogen (secondary N) is 1. The molecule has 1 heterocycles. The summed E-state index contributed by atoms with van der Waals surface area (Å²) < 4.78 is 13.1. The van der Waals surface area contributed by atoms with Crippen LogP contribution in [0.25, 0.3) is 0 Å². The molecular formula is C18H16FN3. The van der Waals surface area contributed by atoms with Gasteiger partial charge in [0.15, 0.2) is 0 Å². The molecule has 0 atom stereocenters. The van der Waals surface area contributed by atoms with Gasteiger partial charge in [0.05, 0.1) is 0 Å². The van der Waals surface area contributed by atoms with Crippen molar-refractivity contribution in [2.24, 2.45) is 0 Å². The highest BCUT2D eigenvalue weighted by atomic mass is 19.1. The van der Waals surface area contributed by atoms with E-state index in [0.29, 0.717) is 12.4 Å². The summed E-state index contributed by atoms with van der Waals surface area (Å²) in [4.78, 5) is 7.50. The monoisotopic (exact) mass is 293 g/mol. The van der Waals surface area contributed by atoms with Crippen molar-refractivity contribution in [1.29, 1.82) is 0 Å². The van der Waals surface area contributed by atoms with Gasteiger partial charge >= 0.3 is 0 Å². The predicted octanol–water partition coefficient (Wildman–Crippen LogP) is 3.86. The summed E-state index contributed by atoms with van der Waals surface area (Å²) >= 11 is 0. The van der Waals surface area contributed by atoms with E-state index >= 15 is 0 Å². The second kappa shape index (κ2) is 6.80. The van der Waals surface area contributed by atoms with Crippen molar-refractivity contribution in [2.45, 2.75) is 5.92 Å². The molecule has 0 unspecified atom stereocenters. The fourth-order valence-corrected chi connectivity index (χ4v) is 2.44. The summed E-state index contributed by atoms with van der Waals surface area (Å²) in [5.74, 6) is 0.123. The van der Waals surface area contributed by atoms with E-state index in [0.717, 1.165) is 0 Å². The van der Waals surface area contributed by atoms with Crippen LogP contribution >= 0.6 is 0 Å². The van der Waals surface area contributed by atoms with Gasteiger partial charge in [-0.3, -0.25) is 0 Å². The number of anilines is 1. The average molecular weight is 293 g/mol. The molecule has 0 saturated carbocycles. The topological polar surface area (TPSA) is 37.8 Å². The summed E-state index contributed by atoms with van der Waals surface area (Å²) in [6, 6.07) is 21.8. The highest BCUT2D eigenvalue weighted by Crippen LogP contribution is 2.24. The third-order valence-electron chi connectivity index (χ3n) is 3.52. The molecule has 0 bridgehead atoms. The molecule has 1 N–H and O–H groups in total. The Hall–Kier alpha value is -2.75. The minimum Gasteiger partial charge on any atom is -0.369 e. The van der Waals surface area contributed by atoms with E-state index in [1.54, 1.807) is 0 Å². The van der Waals surface area contributed by atoms with Gasteiger partial charge in [0.25, 0.3) is 0 Å². The van der Waals surface area contributed by atoms with Crippen molar-refractivity contribution >= 4 is 5.82 Å². The first-order chi connectivity index (χ1) is 10.8. The van der Waals surface area contributed by atoms with Crippen LogP contribution in [0.15, 0.2) is 73.1 Å². The molecule has 0 amide bonds. The van der Waals surface area contributed by atoms with E-state index < -0.39 is 5.95 Å². The van der Waals surface area contributed by atoms with Crippen LogP contribution in [0.1, 0.15) is 17.0 Å². The van der Waals surface area contributed by atoms with Gasteiger partial charge in [-0.1, -0.05) is 60.7 Å². The van der Waals surface area contributed by atoms with Crippen molar-refractivity contribution < 1.29 is 4.39 Å². The van der Waals surface area contributed by atoms with Gasteiger partial charge in [-0.2, -0.15) is 4.39 Å². The van der Waals surface area contributed by atoms with Gasteiger partial charge in [0, 0.05) is 18.5 Å². The summed E-state index contributed by atoms with van der Waals surface area (Å²) in [5, 5.41) is 3.19. The molecule has 4 heteroatoms. The summed E-state index contributed by atoms with van der Waals surface area (Å²) in [7, 11) is 0. The van der Waals surface area contributed by atoms with Crippen LogP contribution in [0.5, 0.6) is 0 Å². The minimum absolute atomic E-state index is 0.167. The molecular weight excluding hydrogens is 277 g/mol. The third-order valence-corrected chi connectivity index (χ3v) is 3.52. The Morgan fingerprint density at radius 2 is 1.45 bits per heavy atom. The van der Waals surface area contributed by atoms with Crippen LogP contribution in [-0.4, -0.2) is 16.5 Å². The van der Waals surface area contributed by atoms with Gasteiger partial charge in [-0.15, -0.1) is 0 Å². The second-order valence-electron chi connectivity index (χ2n) is 4.98. The molecule has 3 rings (SSSR count). The Kier molecular flexibility index (Phi) is 4.39. The van der Waals surface area contributed by atoms with Gasteiger partial charge < -0.3 is 5.32 Å². The van der Waals surface area contributed by atoms with Crippen LogP contribution in [0.2, 0.25) is 0 Å². The molecule has 0 fully saturated rings. The van der Waals surface area contributed by atoms with E-state index in [-0.39, 0.29) is 5.92 Å². The highest BCUT2D eigenvalue weighted by Gasteiger charge is 2.13. The summed E-state index contributed by atoms with van der Waals surface area (Å²) in [6.07, 6.45) is 1.22. The molecule has 0 saturated heterocycles. The van der Waals surface area contributed by atoms with Crippen LogP contribution in [0.3, 0.4) is 0 Å². The molecule has 3 aromatic rings. The lowest BCUT2D eigenvalue weighted by Gasteiger charge is -2.19. The minimum atomic E-state index is -0.534. The van der Waals surface area contributed by atoms with Crippen molar-refractivity contribution in [3.05, 3.63) is 90.1 Å². The maximum atomic E-state index is 13.1. The number of hydrogen-bond donors (Lipinski definition) is 1. The fourth-order valence-electron chi connectivity index (χ4n) is 2.44. The van der Waals surface area contributed by atoms with Crippen molar-refractivity contribution in [3.63, 3.8) is 0 Å². The van der Waals surface area contributed by atoms with E-state index in [1.165, 1.54) is 23.5 Å². The van der Waals surface area contributed by atoms with Gasteiger partial charge in [0.1, 0.15) is 12.1 Å². The lowest BCUT2D eigenvalue weighted by atomic mass is 9.91. The van der Waals surface area contributed by atoms with Crippen LogP contribution in [0.4, 0.5) is 10.2 Å². The quantitative estimate of drug-likeness (QED) is 0.726. The van der Waals surface area contributed by atoms with Gasteiger partial charge in [0.2, 0.25) is 5.95 Å². The fraction of sp³-hybridized carbons (Fsp3) is 0.111. The molecule has 1 aromatic heterocycles. The lowest BCUT2D eigenvalue weighted by Crippen LogP contribution is -2.15. The van der Waals surface area contributed by atoms with Gasteiger partial charge in [-0.25, -0.2) is 9.97 Å². The van der Waals surface area contributed by atoms with E-state index in [1.807, 2.05) is 36.4 Å². The normalized spacial score (nSPS) is 10.6. The third kappa shape index (κ3) is 3.47. The molecule has 22 heavy (non-hydrogen) atoms. The second-order valence-corrected chi connectivity index (χ2v) is 4.98. The first-order valence-electron chi connectivity index (χ1n) is 7.14. The Morgan fingerprint density at radius 1 is 0.864 bits per heavy atom. The number of hydrogen-bond acceptors (Lipinski definition) is 3. The highest BCUT2D eigenvalue weighted by molar-refractivity contribution is 5.38. The SMILES string of the molecule is Fc1cc(NCC(c2ccccc2)c2ccccc2)ncn1. The number of rotatable bonds is 5. The standard InChI is InChI=1S/C18H16FN3/c19-17-11-18(22-13-21-17)20-12-16(14-7-3-1-4-8-14)15-9-5-2-6-10-15/h1-11,13,16H,12H2,(H,20,21,22). The van der Waals surface area contributed by atoms with Crippen LogP contribution < -0.4 is 5.32 Å². The summed E-state index contributed by atoms with van der Waals surface area (Å²) in [5.41, 5.74) is 2.41. The Labute approximate surface area is 128 Å². The number of halogens is 1. The van der Waals surface area contributed by atoms with E-state index in [9.17, 15) is 4.39 Å². The number of nitrogens with zero attached hydrogens (tertiary/aromatic N) is 2. The molecule has 3 nitrogen and oxygen atoms in total. The molecule has 0 aliphatic carbocycles. The zero-order chi connectivity index (χ0) is 15.2. The lowest BCUT2D eigenvalue weighted by molar-refractivity contribution is 0.580. The Morgan fingerprint density at radius 3 is 2.00 bits per heavy atom.